The first-order valence-corrected chi connectivity index (χ1v) is 10.9. The van der Waals surface area contributed by atoms with E-state index in [2.05, 4.69) is 10.6 Å². The van der Waals surface area contributed by atoms with Crippen molar-refractivity contribution < 1.29 is 19.1 Å². The Balaban J connectivity index is 1.46. The molecule has 0 bridgehead atoms. The number of ether oxygens (including phenoxy) is 2. The molecule has 1 heterocycles. The molecule has 1 aliphatic heterocycles. The van der Waals surface area contributed by atoms with Crippen LogP contribution in [0.3, 0.4) is 0 Å². The first kappa shape index (κ1) is 22.6. The minimum absolute atomic E-state index is 0.0101. The van der Waals surface area contributed by atoms with E-state index < -0.39 is 0 Å². The first-order valence-electron chi connectivity index (χ1n) is 10.9. The van der Waals surface area contributed by atoms with Gasteiger partial charge >= 0.3 is 0 Å². The van der Waals surface area contributed by atoms with Crippen LogP contribution in [0.4, 0.5) is 11.4 Å². The fourth-order valence-corrected chi connectivity index (χ4v) is 3.44. The van der Waals surface area contributed by atoms with E-state index in [0.29, 0.717) is 36.7 Å². The molecule has 1 atom stereocenters. The standard InChI is InChI=1S/C24H31N3O4/c1-3-27(4-2)24(29)18-10-12-19(13-11-18)25-16-23(28)26-20-7-5-8-21(15-20)31-17-22-9-6-14-30-22/h5,7-8,10-13,15,22,25H,3-4,6,9,14,16-17H2,1-2H3,(H,26,28). The van der Waals surface area contributed by atoms with Crippen LogP contribution in [0.25, 0.3) is 0 Å². The predicted octanol–water partition coefficient (Wildman–Crippen LogP) is 3.78. The van der Waals surface area contributed by atoms with Gasteiger partial charge in [-0.05, 0) is 63.1 Å². The van der Waals surface area contributed by atoms with Crippen molar-refractivity contribution in [2.75, 3.05) is 43.5 Å². The molecule has 2 aromatic carbocycles. The number of benzene rings is 2. The Morgan fingerprint density at radius 3 is 2.55 bits per heavy atom. The van der Waals surface area contributed by atoms with Crippen molar-refractivity contribution in [3.63, 3.8) is 0 Å². The minimum Gasteiger partial charge on any atom is -0.491 e. The van der Waals surface area contributed by atoms with Gasteiger partial charge in [-0.2, -0.15) is 0 Å². The zero-order valence-corrected chi connectivity index (χ0v) is 18.2. The molecular weight excluding hydrogens is 394 g/mol. The Bertz CT molecular complexity index is 859. The van der Waals surface area contributed by atoms with Crippen LogP contribution in [0.5, 0.6) is 5.75 Å². The van der Waals surface area contributed by atoms with Crippen LogP contribution in [0.2, 0.25) is 0 Å². The molecule has 2 N–H and O–H groups in total. The number of rotatable bonds is 10. The van der Waals surface area contributed by atoms with Crippen LogP contribution >= 0.6 is 0 Å². The van der Waals surface area contributed by atoms with Crippen molar-refractivity contribution in [1.82, 2.24) is 4.90 Å². The maximum absolute atomic E-state index is 12.4. The van der Waals surface area contributed by atoms with Gasteiger partial charge in [-0.1, -0.05) is 6.07 Å². The SMILES string of the molecule is CCN(CC)C(=O)c1ccc(NCC(=O)Nc2cccc(OCC3CCCO3)c2)cc1. The first-order chi connectivity index (χ1) is 15.1. The van der Waals surface area contributed by atoms with Crippen molar-refractivity contribution in [3.05, 3.63) is 54.1 Å². The topological polar surface area (TPSA) is 79.9 Å². The molecule has 1 saturated heterocycles. The van der Waals surface area contributed by atoms with Gasteiger partial charge in [0.25, 0.3) is 5.91 Å². The maximum Gasteiger partial charge on any atom is 0.253 e. The van der Waals surface area contributed by atoms with E-state index in [1.807, 2.05) is 44.2 Å². The highest BCUT2D eigenvalue weighted by atomic mass is 16.5. The summed E-state index contributed by atoms with van der Waals surface area (Å²) in [5.41, 5.74) is 2.09. The number of anilines is 2. The second kappa shape index (κ2) is 11.4. The van der Waals surface area contributed by atoms with Crippen LogP contribution < -0.4 is 15.4 Å². The summed E-state index contributed by atoms with van der Waals surface area (Å²) in [6.45, 7) is 6.71. The highest BCUT2D eigenvalue weighted by molar-refractivity contribution is 5.95. The van der Waals surface area contributed by atoms with Gasteiger partial charge in [0.2, 0.25) is 5.91 Å². The normalized spacial score (nSPS) is 15.4. The van der Waals surface area contributed by atoms with Crippen molar-refractivity contribution >= 4 is 23.2 Å². The lowest BCUT2D eigenvalue weighted by molar-refractivity contribution is -0.114. The molecule has 3 rings (SSSR count). The van der Waals surface area contributed by atoms with Gasteiger partial charge in [-0.3, -0.25) is 9.59 Å². The van der Waals surface area contributed by atoms with Gasteiger partial charge in [0.1, 0.15) is 12.4 Å². The van der Waals surface area contributed by atoms with E-state index in [1.54, 1.807) is 23.1 Å². The molecule has 7 nitrogen and oxygen atoms in total. The zero-order chi connectivity index (χ0) is 22.1. The van der Waals surface area contributed by atoms with Gasteiger partial charge in [-0.25, -0.2) is 0 Å². The molecule has 7 heteroatoms. The molecule has 0 aromatic heterocycles. The third-order valence-electron chi connectivity index (χ3n) is 5.21. The summed E-state index contributed by atoms with van der Waals surface area (Å²) in [5.74, 6) is 0.546. The highest BCUT2D eigenvalue weighted by Crippen LogP contribution is 2.20. The third kappa shape index (κ3) is 6.72. The van der Waals surface area contributed by atoms with Crippen molar-refractivity contribution in [1.29, 1.82) is 0 Å². The molecule has 0 aliphatic carbocycles. The zero-order valence-electron chi connectivity index (χ0n) is 18.2. The monoisotopic (exact) mass is 425 g/mol. The molecule has 31 heavy (non-hydrogen) atoms. The molecule has 1 aliphatic rings. The smallest absolute Gasteiger partial charge is 0.253 e. The lowest BCUT2D eigenvalue weighted by atomic mass is 10.1. The average molecular weight is 426 g/mol. The Hall–Kier alpha value is -3.06. The summed E-state index contributed by atoms with van der Waals surface area (Å²) in [7, 11) is 0. The molecule has 0 radical (unpaired) electrons. The van der Waals surface area contributed by atoms with Gasteiger partial charge < -0.3 is 25.0 Å². The van der Waals surface area contributed by atoms with Gasteiger partial charge in [-0.15, -0.1) is 0 Å². The molecule has 2 amide bonds. The Morgan fingerprint density at radius 2 is 1.87 bits per heavy atom. The van der Waals surface area contributed by atoms with Crippen LogP contribution in [0.1, 0.15) is 37.0 Å². The quantitative estimate of drug-likeness (QED) is 0.606. The Morgan fingerprint density at radius 1 is 1.10 bits per heavy atom. The van der Waals surface area contributed by atoms with E-state index >= 15 is 0 Å². The number of hydrogen-bond donors (Lipinski definition) is 2. The molecular formula is C24H31N3O4. The predicted molar refractivity (Wildman–Crippen MR) is 122 cm³/mol. The van der Waals surface area contributed by atoms with E-state index in [-0.39, 0.29) is 24.5 Å². The van der Waals surface area contributed by atoms with Crippen molar-refractivity contribution in [2.24, 2.45) is 0 Å². The van der Waals surface area contributed by atoms with Crippen LogP contribution in [0, 0.1) is 0 Å². The van der Waals surface area contributed by atoms with E-state index in [4.69, 9.17) is 9.47 Å². The number of hydrogen-bond acceptors (Lipinski definition) is 5. The lowest BCUT2D eigenvalue weighted by Gasteiger charge is -2.18. The molecule has 2 aromatic rings. The number of carbonyl (C=O) groups excluding carboxylic acids is 2. The molecule has 0 saturated carbocycles. The number of nitrogens with one attached hydrogen (secondary N) is 2. The lowest BCUT2D eigenvalue weighted by Crippen LogP contribution is -2.30. The van der Waals surface area contributed by atoms with E-state index in [0.717, 1.165) is 25.1 Å². The Labute approximate surface area is 183 Å². The van der Waals surface area contributed by atoms with Gasteiger partial charge in [0.15, 0.2) is 0 Å². The summed E-state index contributed by atoms with van der Waals surface area (Å²) < 4.78 is 11.3. The summed E-state index contributed by atoms with van der Waals surface area (Å²) in [6.07, 6.45) is 2.25. The molecule has 166 valence electrons. The number of amides is 2. The summed E-state index contributed by atoms with van der Waals surface area (Å²) in [4.78, 5) is 26.4. The third-order valence-corrected chi connectivity index (χ3v) is 5.21. The average Bonchev–Trinajstić information content (AvgIpc) is 3.31. The molecule has 1 fully saturated rings. The number of carbonyl (C=O) groups is 2. The van der Waals surface area contributed by atoms with Crippen LogP contribution in [0.15, 0.2) is 48.5 Å². The highest BCUT2D eigenvalue weighted by Gasteiger charge is 2.16. The second-order valence-corrected chi connectivity index (χ2v) is 7.43. The number of nitrogens with zero attached hydrogens (tertiary/aromatic N) is 1. The van der Waals surface area contributed by atoms with Crippen molar-refractivity contribution in [2.45, 2.75) is 32.8 Å². The summed E-state index contributed by atoms with van der Waals surface area (Å²) >= 11 is 0. The largest absolute Gasteiger partial charge is 0.491 e. The van der Waals surface area contributed by atoms with E-state index in [1.165, 1.54) is 0 Å². The van der Waals surface area contributed by atoms with Crippen LogP contribution in [-0.2, 0) is 9.53 Å². The van der Waals surface area contributed by atoms with Crippen molar-refractivity contribution in [3.8, 4) is 5.75 Å². The fourth-order valence-electron chi connectivity index (χ4n) is 3.44. The minimum atomic E-state index is -0.167. The summed E-state index contributed by atoms with van der Waals surface area (Å²) in [5, 5.41) is 5.95. The Kier molecular flexibility index (Phi) is 8.29. The van der Waals surface area contributed by atoms with Gasteiger partial charge in [0, 0.05) is 42.7 Å². The summed E-state index contributed by atoms with van der Waals surface area (Å²) in [6, 6.07) is 14.5. The fraction of sp³-hybridized carbons (Fsp3) is 0.417. The molecule has 1 unspecified atom stereocenters. The second-order valence-electron chi connectivity index (χ2n) is 7.43. The van der Waals surface area contributed by atoms with Crippen LogP contribution in [-0.4, -0.2) is 55.7 Å². The maximum atomic E-state index is 12.4. The van der Waals surface area contributed by atoms with E-state index in [9.17, 15) is 9.59 Å². The van der Waals surface area contributed by atoms with Gasteiger partial charge in [0.05, 0.1) is 12.6 Å². The molecule has 0 spiro atoms.